The van der Waals surface area contributed by atoms with E-state index < -0.39 is 0 Å². The van der Waals surface area contributed by atoms with Crippen LogP contribution in [0.4, 0.5) is 10.1 Å². The van der Waals surface area contributed by atoms with E-state index in [0.717, 1.165) is 16.5 Å². The molecule has 2 aromatic carbocycles. The number of nitrogens with one attached hydrogen (secondary N) is 1. The van der Waals surface area contributed by atoms with Gasteiger partial charge in [0.05, 0.1) is 0 Å². The second-order valence-electron chi connectivity index (χ2n) is 5.68. The van der Waals surface area contributed by atoms with E-state index in [1.165, 1.54) is 24.4 Å². The number of nitrogens with zero attached hydrogens (tertiary/aromatic N) is 2. The Hall–Kier alpha value is -3.41. The third kappa shape index (κ3) is 2.67. The molecular formula is C19H14FN3O2. The van der Waals surface area contributed by atoms with Gasteiger partial charge < -0.3 is 15.2 Å². The van der Waals surface area contributed by atoms with E-state index in [0.29, 0.717) is 17.3 Å². The van der Waals surface area contributed by atoms with Gasteiger partial charge in [0.25, 0.3) is 0 Å². The van der Waals surface area contributed by atoms with Gasteiger partial charge in [0, 0.05) is 47.4 Å². The fraction of sp³-hybridized carbons (Fsp3) is 0.0526. The summed E-state index contributed by atoms with van der Waals surface area (Å²) in [4.78, 5) is 11.4. The molecule has 0 aliphatic carbocycles. The van der Waals surface area contributed by atoms with Crippen LogP contribution in [0.5, 0.6) is 11.5 Å². The van der Waals surface area contributed by atoms with Crippen LogP contribution in [-0.4, -0.2) is 26.4 Å². The molecule has 0 bridgehead atoms. The number of aromatic hydroxyl groups is 2. The summed E-state index contributed by atoms with van der Waals surface area (Å²) in [6.45, 7) is 0. The van der Waals surface area contributed by atoms with E-state index in [9.17, 15) is 14.6 Å². The summed E-state index contributed by atoms with van der Waals surface area (Å²) < 4.78 is 13.4. The Kier molecular flexibility index (Phi) is 3.57. The van der Waals surface area contributed by atoms with Gasteiger partial charge in [-0.05, 0) is 35.9 Å². The van der Waals surface area contributed by atoms with Gasteiger partial charge in [-0.25, -0.2) is 4.39 Å². The van der Waals surface area contributed by atoms with E-state index in [-0.39, 0.29) is 23.0 Å². The summed E-state index contributed by atoms with van der Waals surface area (Å²) in [5, 5.41) is 21.6. The van der Waals surface area contributed by atoms with Gasteiger partial charge in [-0.2, -0.15) is 0 Å². The molecule has 0 unspecified atom stereocenters. The van der Waals surface area contributed by atoms with Crippen LogP contribution in [0, 0.1) is 5.82 Å². The number of fused-ring (bicyclic) bond motifs is 2. The normalized spacial score (nSPS) is 11.7. The molecule has 0 spiro atoms. The van der Waals surface area contributed by atoms with Crippen molar-refractivity contribution in [2.75, 3.05) is 0 Å². The average molecular weight is 335 g/mol. The number of aliphatic imine (C=N–C) groups is 1. The first kappa shape index (κ1) is 15.1. The van der Waals surface area contributed by atoms with Crippen LogP contribution >= 0.6 is 0 Å². The smallest absolute Gasteiger partial charge is 0.168 e. The molecule has 6 heteroatoms. The molecule has 124 valence electrons. The number of rotatable bonds is 3. The second-order valence-corrected chi connectivity index (χ2v) is 5.68. The van der Waals surface area contributed by atoms with Gasteiger partial charge in [0.2, 0.25) is 0 Å². The van der Waals surface area contributed by atoms with Crippen LogP contribution in [0.2, 0.25) is 0 Å². The summed E-state index contributed by atoms with van der Waals surface area (Å²) in [6.07, 6.45) is 5.39. The quantitative estimate of drug-likeness (QED) is 0.387. The number of phenols is 2. The number of hydrogen-bond donors (Lipinski definition) is 3. The highest BCUT2D eigenvalue weighted by Gasteiger charge is 2.11. The number of aromatic nitrogens is 2. The summed E-state index contributed by atoms with van der Waals surface area (Å²) in [7, 11) is 0. The highest BCUT2D eigenvalue weighted by atomic mass is 19.1. The molecule has 2 heterocycles. The van der Waals surface area contributed by atoms with Crippen molar-refractivity contribution >= 4 is 33.7 Å². The molecule has 0 aliphatic rings. The van der Waals surface area contributed by atoms with Crippen LogP contribution in [0.3, 0.4) is 0 Å². The third-order valence-corrected chi connectivity index (χ3v) is 4.10. The van der Waals surface area contributed by atoms with Crippen molar-refractivity contribution in [3.8, 4) is 11.5 Å². The molecular weight excluding hydrogens is 321 g/mol. The third-order valence-electron chi connectivity index (χ3n) is 4.10. The zero-order valence-electron chi connectivity index (χ0n) is 13.1. The summed E-state index contributed by atoms with van der Waals surface area (Å²) in [5.41, 5.74) is 2.26. The maximum Gasteiger partial charge on any atom is 0.168 e. The zero-order chi connectivity index (χ0) is 17.4. The lowest BCUT2D eigenvalue weighted by Gasteiger charge is -2.05. The van der Waals surface area contributed by atoms with E-state index in [2.05, 4.69) is 15.0 Å². The number of hydrogen-bond acceptors (Lipinski definition) is 4. The lowest BCUT2D eigenvalue weighted by molar-refractivity contribution is 0.470. The predicted molar refractivity (Wildman–Crippen MR) is 95.2 cm³/mol. The highest BCUT2D eigenvalue weighted by molar-refractivity contribution is 5.94. The molecule has 3 N–H and O–H groups in total. The molecule has 4 rings (SSSR count). The lowest BCUT2D eigenvalue weighted by Crippen LogP contribution is -1.85. The summed E-state index contributed by atoms with van der Waals surface area (Å²) >= 11 is 0. The largest absolute Gasteiger partial charge is 0.507 e. The molecule has 2 aromatic heterocycles. The maximum absolute atomic E-state index is 13.4. The first-order valence-corrected chi connectivity index (χ1v) is 7.71. The van der Waals surface area contributed by atoms with Crippen LogP contribution in [0.15, 0.2) is 53.8 Å². The molecule has 0 atom stereocenters. The minimum atomic E-state index is -0.298. The molecule has 5 nitrogen and oxygen atoms in total. The average Bonchev–Trinajstić information content (AvgIpc) is 3.01. The van der Waals surface area contributed by atoms with Gasteiger partial charge in [0.1, 0.15) is 22.8 Å². The molecule has 0 aliphatic heterocycles. The van der Waals surface area contributed by atoms with E-state index in [4.69, 9.17) is 0 Å². The van der Waals surface area contributed by atoms with Gasteiger partial charge >= 0.3 is 0 Å². The first-order chi connectivity index (χ1) is 12.1. The van der Waals surface area contributed by atoms with Crippen LogP contribution in [0.1, 0.15) is 5.56 Å². The predicted octanol–water partition coefficient (Wildman–Crippen LogP) is 4.21. The van der Waals surface area contributed by atoms with Crippen molar-refractivity contribution in [1.29, 1.82) is 0 Å². The zero-order valence-corrected chi connectivity index (χ0v) is 13.1. The van der Waals surface area contributed by atoms with Gasteiger partial charge in [0.15, 0.2) is 5.75 Å². The molecule has 0 saturated carbocycles. The Morgan fingerprint density at radius 2 is 2.04 bits per heavy atom. The minimum Gasteiger partial charge on any atom is -0.507 e. The number of halogens is 1. The van der Waals surface area contributed by atoms with Gasteiger partial charge in [-0.1, -0.05) is 0 Å². The fourth-order valence-electron chi connectivity index (χ4n) is 2.86. The lowest BCUT2D eigenvalue weighted by atomic mass is 10.1. The number of pyridine rings is 1. The Labute approximate surface area is 142 Å². The topological polar surface area (TPSA) is 81.5 Å². The minimum absolute atomic E-state index is 0.00205. The molecule has 0 radical (unpaired) electrons. The van der Waals surface area contributed by atoms with Crippen molar-refractivity contribution in [3.05, 3.63) is 60.2 Å². The molecule has 0 saturated heterocycles. The van der Waals surface area contributed by atoms with Crippen LogP contribution < -0.4 is 0 Å². The van der Waals surface area contributed by atoms with Crippen molar-refractivity contribution < 1.29 is 14.6 Å². The van der Waals surface area contributed by atoms with Crippen LogP contribution in [-0.2, 0) is 6.42 Å². The van der Waals surface area contributed by atoms with Crippen molar-refractivity contribution in [2.45, 2.75) is 6.42 Å². The summed E-state index contributed by atoms with van der Waals surface area (Å²) in [5.74, 6) is -0.384. The number of H-pyrrole nitrogens is 1. The summed E-state index contributed by atoms with van der Waals surface area (Å²) in [6, 6.07) is 9.30. The number of aromatic amines is 1. The molecule has 4 aromatic rings. The Balaban J connectivity index is 1.67. The number of phenolic OH excluding ortho intramolecular Hbond substituents is 2. The van der Waals surface area contributed by atoms with Crippen molar-refractivity contribution in [3.63, 3.8) is 0 Å². The van der Waals surface area contributed by atoms with Crippen molar-refractivity contribution in [2.24, 2.45) is 4.99 Å². The maximum atomic E-state index is 13.4. The Bertz CT molecular complexity index is 1120. The standard InChI is InChI=1S/C19H14FN3O2/c20-12-3-4-15-14(8-12)11(10-23-15)5-7-21-16-9-17(24)13-2-1-6-22-18(13)19(16)25/h1-4,6-10,23-25H,5H2. The molecule has 0 amide bonds. The van der Waals surface area contributed by atoms with Gasteiger partial charge in [-0.3, -0.25) is 9.98 Å². The van der Waals surface area contributed by atoms with Gasteiger partial charge in [-0.15, -0.1) is 0 Å². The fourth-order valence-corrected chi connectivity index (χ4v) is 2.86. The Morgan fingerprint density at radius 1 is 1.16 bits per heavy atom. The molecule has 0 fully saturated rings. The monoisotopic (exact) mass is 335 g/mol. The van der Waals surface area contributed by atoms with E-state index >= 15 is 0 Å². The SMILES string of the molecule is Oc1cc(N=CCc2c[nH]c3ccc(F)cc23)c(O)c2ncccc12. The number of benzene rings is 2. The van der Waals surface area contributed by atoms with Crippen molar-refractivity contribution in [1.82, 2.24) is 9.97 Å². The second kappa shape index (κ2) is 5.90. The molecule has 25 heavy (non-hydrogen) atoms. The van der Waals surface area contributed by atoms with E-state index in [1.807, 2.05) is 0 Å². The Morgan fingerprint density at radius 3 is 2.92 bits per heavy atom. The van der Waals surface area contributed by atoms with Crippen LogP contribution in [0.25, 0.3) is 21.8 Å². The highest BCUT2D eigenvalue weighted by Crippen LogP contribution is 2.38. The first-order valence-electron chi connectivity index (χ1n) is 7.71. The van der Waals surface area contributed by atoms with E-state index in [1.54, 1.807) is 30.6 Å².